The smallest absolute Gasteiger partial charge is 0.378 e. The van der Waals surface area contributed by atoms with Crippen LogP contribution in [0.4, 0.5) is 13.2 Å². The van der Waals surface area contributed by atoms with Crippen LogP contribution >= 0.6 is 0 Å². The molecule has 0 heterocycles. The minimum absolute atomic E-state index is 0.0187. The van der Waals surface area contributed by atoms with Crippen molar-refractivity contribution < 1.29 is 27.9 Å². The zero-order chi connectivity index (χ0) is 18.3. The van der Waals surface area contributed by atoms with Crippen LogP contribution in [0.3, 0.4) is 0 Å². The Labute approximate surface area is 137 Å². The van der Waals surface area contributed by atoms with Crippen molar-refractivity contribution in [2.75, 3.05) is 0 Å². The van der Waals surface area contributed by atoms with E-state index in [9.17, 15) is 27.9 Å². The number of carbonyl (C=O) groups is 2. The van der Waals surface area contributed by atoms with Crippen molar-refractivity contribution in [1.82, 2.24) is 5.32 Å². The first-order valence-corrected chi connectivity index (χ1v) is 7.22. The number of nitrogens with two attached hydrogens (primary N) is 1. The molecule has 1 rings (SSSR count). The summed E-state index contributed by atoms with van der Waals surface area (Å²) in [4.78, 5) is 23.3. The fraction of sp³-hybridized carbons (Fsp3) is 0.375. The summed E-state index contributed by atoms with van der Waals surface area (Å²) in [6.07, 6.45) is -3.10. The van der Waals surface area contributed by atoms with E-state index in [4.69, 9.17) is 5.73 Å². The lowest BCUT2D eigenvalue weighted by Gasteiger charge is -2.18. The van der Waals surface area contributed by atoms with Crippen molar-refractivity contribution in [2.24, 2.45) is 5.73 Å². The number of rotatable bonds is 8. The average molecular weight is 344 g/mol. The molecule has 0 spiro atoms. The van der Waals surface area contributed by atoms with Crippen LogP contribution in [0.15, 0.2) is 36.9 Å². The predicted molar refractivity (Wildman–Crippen MR) is 81.6 cm³/mol. The number of alkyl halides is 3. The van der Waals surface area contributed by atoms with Gasteiger partial charge in [-0.1, -0.05) is 18.2 Å². The summed E-state index contributed by atoms with van der Waals surface area (Å²) in [5.74, 6) is -1.66. The Kier molecular flexibility index (Phi) is 6.97. The van der Waals surface area contributed by atoms with Crippen molar-refractivity contribution in [3.8, 4) is 0 Å². The van der Waals surface area contributed by atoms with Gasteiger partial charge in [0.25, 0.3) is 5.91 Å². The maximum Gasteiger partial charge on any atom is 0.416 e. The highest BCUT2D eigenvalue weighted by Gasteiger charge is 2.31. The summed E-state index contributed by atoms with van der Waals surface area (Å²) in [6, 6.07) is 2.57. The van der Waals surface area contributed by atoms with Gasteiger partial charge in [0.2, 0.25) is 5.91 Å². The highest BCUT2D eigenvalue weighted by Crippen LogP contribution is 2.29. The second kappa shape index (κ2) is 8.49. The fourth-order valence-corrected chi connectivity index (χ4v) is 2.01. The summed E-state index contributed by atoms with van der Waals surface area (Å²) in [7, 11) is 0. The Morgan fingerprint density at radius 2 is 1.88 bits per heavy atom. The molecule has 5 nitrogen and oxygen atoms in total. The van der Waals surface area contributed by atoms with Crippen molar-refractivity contribution in [3.63, 3.8) is 0 Å². The molecule has 0 bridgehead atoms. The van der Waals surface area contributed by atoms with Gasteiger partial charge in [-0.2, -0.15) is 13.2 Å². The number of nitrogens with one attached hydrogen (secondary N) is 1. The topological polar surface area (TPSA) is 92.4 Å². The summed E-state index contributed by atoms with van der Waals surface area (Å²) < 4.78 is 37.5. The van der Waals surface area contributed by atoms with E-state index in [1.807, 2.05) is 0 Å². The maximum absolute atomic E-state index is 12.5. The maximum atomic E-state index is 12.5. The van der Waals surface area contributed by atoms with E-state index in [2.05, 4.69) is 11.9 Å². The van der Waals surface area contributed by atoms with Gasteiger partial charge in [-0.3, -0.25) is 9.59 Å². The number of aliphatic hydroxyl groups excluding tert-OH is 1. The molecule has 24 heavy (non-hydrogen) atoms. The molecule has 8 heteroatoms. The Balaban J connectivity index is 2.75. The largest absolute Gasteiger partial charge is 0.416 e. The van der Waals surface area contributed by atoms with Crippen LogP contribution < -0.4 is 11.1 Å². The van der Waals surface area contributed by atoms with Crippen molar-refractivity contribution in [3.05, 3.63) is 48.0 Å². The lowest BCUT2D eigenvalue weighted by molar-refractivity contribution is -0.137. The molecule has 0 aliphatic rings. The monoisotopic (exact) mass is 344 g/mol. The van der Waals surface area contributed by atoms with Crippen LogP contribution in [0.2, 0.25) is 0 Å². The lowest BCUT2D eigenvalue weighted by Crippen LogP contribution is -2.46. The number of allylic oxidation sites excluding steroid dienone is 1. The highest BCUT2D eigenvalue weighted by atomic mass is 19.4. The van der Waals surface area contributed by atoms with Crippen molar-refractivity contribution >= 4 is 11.8 Å². The molecule has 0 saturated carbocycles. The van der Waals surface area contributed by atoms with E-state index in [0.29, 0.717) is 12.8 Å². The van der Waals surface area contributed by atoms with Crippen molar-refractivity contribution in [1.29, 1.82) is 0 Å². The summed E-state index contributed by atoms with van der Waals surface area (Å²) >= 11 is 0. The number of unbranched alkanes of at least 4 members (excludes halogenated alkanes) is 1. The number of amides is 2. The molecule has 0 radical (unpaired) electrons. The zero-order valence-corrected chi connectivity index (χ0v) is 12.8. The minimum atomic E-state index is -4.51. The van der Waals surface area contributed by atoms with Crippen LogP contribution in [0.1, 0.15) is 36.5 Å². The number of hydrogen-bond acceptors (Lipinski definition) is 3. The molecule has 2 amide bonds. The van der Waals surface area contributed by atoms with Crippen LogP contribution in [0, 0.1) is 0 Å². The Hall–Kier alpha value is -2.35. The lowest BCUT2D eigenvalue weighted by atomic mass is 10.0. The third-order valence-electron chi connectivity index (χ3n) is 3.36. The van der Waals surface area contributed by atoms with Gasteiger partial charge in [0.05, 0.1) is 5.56 Å². The predicted octanol–water partition coefficient (Wildman–Crippen LogP) is 2.07. The first-order chi connectivity index (χ1) is 11.2. The number of aliphatic hydroxyl groups is 1. The molecule has 0 aromatic heterocycles. The average Bonchev–Trinajstić information content (AvgIpc) is 2.52. The van der Waals surface area contributed by atoms with Gasteiger partial charge in [0.15, 0.2) is 6.10 Å². The van der Waals surface area contributed by atoms with E-state index in [-0.39, 0.29) is 12.0 Å². The van der Waals surface area contributed by atoms with Crippen LogP contribution in [-0.2, 0) is 15.8 Å². The number of hydrogen-bond donors (Lipinski definition) is 3. The molecule has 1 aromatic carbocycles. The van der Waals surface area contributed by atoms with E-state index in [0.717, 1.165) is 24.3 Å². The molecular weight excluding hydrogens is 325 g/mol. The minimum Gasteiger partial charge on any atom is -0.378 e. The fourth-order valence-electron chi connectivity index (χ4n) is 2.01. The summed E-state index contributed by atoms with van der Waals surface area (Å²) in [5.41, 5.74) is 4.28. The third kappa shape index (κ3) is 5.69. The van der Waals surface area contributed by atoms with E-state index >= 15 is 0 Å². The second-order valence-electron chi connectivity index (χ2n) is 5.21. The molecule has 4 N–H and O–H groups in total. The van der Waals surface area contributed by atoms with Gasteiger partial charge in [0, 0.05) is 0 Å². The molecule has 132 valence electrons. The molecule has 0 saturated heterocycles. The van der Waals surface area contributed by atoms with E-state index in [1.165, 1.54) is 0 Å². The molecule has 0 aliphatic heterocycles. The second-order valence-corrected chi connectivity index (χ2v) is 5.21. The summed E-state index contributed by atoms with van der Waals surface area (Å²) in [5, 5.41) is 12.2. The number of carbonyl (C=O) groups excluding carboxylic acids is 2. The van der Waals surface area contributed by atoms with Gasteiger partial charge in [-0.25, -0.2) is 0 Å². The number of primary amides is 1. The standard InChI is InChI=1S/C16H19F3N2O3/c1-2-3-4-5-12(14(20)23)21-15(24)13(22)10-6-8-11(9-7-10)16(17,18)19/h2,6-9,12-13,22H,1,3-5H2,(H2,20,23)(H,21,24)/t12-,13-/m0/s1. The molecule has 2 atom stereocenters. The van der Waals surface area contributed by atoms with Gasteiger partial charge in [-0.15, -0.1) is 6.58 Å². The van der Waals surface area contributed by atoms with Gasteiger partial charge in [-0.05, 0) is 37.0 Å². The number of halogens is 3. The zero-order valence-electron chi connectivity index (χ0n) is 12.8. The van der Waals surface area contributed by atoms with Crippen LogP contribution in [-0.4, -0.2) is 23.0 Å². The first kappa shape index (κ1) is 19.7. The molecule has 0 aliphatic carbocycles. The van der Waals surface area contributed by atoms with E-state index < -0.39 is 35.7 Å². The SMILES string of the molecule is C=CCCC[C@H](NC(=O)[C@@H](O)c1ccc(C(F)(F)F)cc1)C(N)=O. The molecule has 0 unspecified atom stereocenters. The van der Waals surface area contributed by atoms with Gasteiger partial charge < -0.3 is 16.2 Å². The molecular formula is C16H19F3N2O3. The number of benzene rings is 1. The van der Waals surface area contributed by atoms with Crippen LogP contribution in [0.5, 0.6) is 0 Å². The van der Waals surface area contributed by atoms with E-state index in [1.54, 1.807) is 6.08 Å². The van der Waals surface area contributed by atoms with Crippen molar-refractivity contribution in [2.45, 2.75) is 37.6 Å². The Morgan fingerprint density at radius 1 is 1.29 bits per heavy atom. The van der Waals surface area contributed by atoms with Gasteiger partial charge in [0.1, 0.15) is 6.04 Å². The summed E-state index contributed by atoms with van der Waals surface area (Å²) in [6.45, 7) is 3.53. The molecule has 1 aromatic rings. The van der Waals surface area contributed by atoms with Crippen LogP contribution in [0.25, 0.3) is 0 Å². The highest BCUT2D eigenvalue weighted by molar-refractivity contribution is 5.88. The normalized spacial score (nSPS) is 13.8. The quantitative estimate of drug-likeness (QED) is 0.498. The Bertz CT molecular complexity index is 585. The Morgan fingerprint density at radius 3 is 2.33 bits per heavy atom. The molecule has 0 fully saturated rings. The first-order valence-electron chi connectivity index (χ1n) is 7.22. The third-order valence-corrected chi connectivity index (χ3v) is 3.36. The van der Waals surface area contributed by atoms with Gasteiger partial charge >= 0.3 is 6.18 Å².